The Kier molecular flexibility index (Phi) is 28.9. The zero-order valence-corrected chi connectivity index (χ0v) is 41.6. The van der Waals surface area contributed by atoms with Crippen LogP contribution in [0.3, 0.4) is 0 Å². The molecular formula is C45H77N11O12S. The summed E-state index contributed by atoms with van der Waals surface area (Å²) in [6.45, 7) is 9.15. The van der Waals surface area contributed by atoms with Crippen molar-refractivity contribution in [2.75, 3.05) is 25.1 Å². The number of aliphatic hydroxyl groups is 2. The molecule has 0 fully saturated rings. The molecular weight excluding hydrogens is 919 g/mol. The second-order valence-electron chi connectivity index (χ2n) is 17.3. The minimum atomic E-state index is -1.56. The van der Waals surface area contributed by atoms with Crippen LogP contribution >= 0.6 is 11.8 Å². The molecule has 0 aliphatic rings. The van der Waals surface area contributed by atoms with Gasteiger partial charge in [0.15, 0.2) is 0 Å². The molecule has 0 aliphatic carbocycles. The number of carboxylic acid groups (broad SMARTS) is 1. The van der Waals surface area contributed by atoms with Crippen molar-refractivity contribution in [2.24, 2.45) is 23.1 Å². The Balaban J connectivity index is 3.25. The number of amides is 8. The van der Waals surface area contributed by atoms with E-state index in [9.17, 15) is 58.5 Å². The van der Waals surface area contributed by atoms with E-state index in [-0.39, 0.29) is 32.2 Å². The molecule has 0 bridgehead atoms. The second-order valence-corrected chi connectivity index (χ2v) is 18.3. The van der Waals surface area contributed by atoms with Crippen molar-refractivity contribution in [1.29, 1.82) is 0 Å². The second kappa shape index (κ2) is 32.4. The quantitative estimate of drug-likeness (QED) is 0.0312. The molecule has 0 radical (unpaired) electrons. The van der Waals surface area contributed by atoms with Crippen molar-refractivity contribution >= 4 is 65.0 Å². The van der Waals surface area contributed by atoms with E-state index in [0.29, 0.717) is 43.5 Å². The van der Waals surface area contributed by atoms with Gasteiger partial charge in [-0.05, 0) is 109 Å². The molecule has 69 heavy (non-hydrogen) atoms. The van der Waals surface area contributed by atoms with E-state index in [4.69, 9.17) is 17.2 Å². The molecule has 1 aromatic carbocycles. The molecule has 0 saturated carbocycles. The summed E-state index contributed by atoms with van der Waals surface area (Å²) in [5, 5.41) is 50.0. The van der Waals surface area contributed by atoms with Crippen molar-refractivity contribution in [1.82, 2.24) is 42.5 Å². The zero-order valence-electron chi connectivity index (χ0n) is 40.7. The predicted octanol–water partition coefficient (Wildman–Crippen LogP) is -3.01. The summed E-state index contributed by atoms with van der Waals surface area (Å²) in [5.41, 5.74) is 17.5. The molecule has 24 heteroatoms. The first-order valence-corrected chi connectivity index (χ1v) is 24.6. The molecule has 0 saturated heterocycles. The van der Waals surface area contributed by atoms with Crippen LogP contribution in [0.1, 0.15) is 92.1 Å². The highest BCUT2D eigenvalue weighted by atomic mass is 32.2. The van der Waals surface area contributed by atoms with Gasteiger partial charge in [-0.15, -0.1) is 0 Å². The molecule has 1 aromatic rings. The normalized spacial score (nSPS) is 16.0. The van der Waals surface area contributed by atoms with E-state index in [1.165, 1.54) is 39.5 Å². The number of aliphatic hydroxyl groups excluding tert-OH is 2. The van der Waals surface area contributed by atoms with Gasteiger partial charge in [0.1, 0.15) is 54.4 Å². The Labute approximate surface area is 408 Å². The maximum absolute atomic E-state index is 14.0. The van der Waals surface area contributed by atoms with Gasteiger partial charge in [-0.25, -0.2) is 4.79 Å². The highest BCUT2D eigenvalue weighted by molar-refractivity contribution is 7.98. The van der Waals surface area contributed by atoms with E-state index in [1.807, 2.05) is 0 Å². The highest BCUT2D eigenvalue weighted by Crippen LogP contribution is 2.11. The molecule has 23 nitrogen and oxygen atoms in total. The third kappa shape index (κ3) is 22.7. The van der Waals surface area contributed by atoms with Gasteiger partial charge in [-0.1, -0.05) is 44.2 Å². The number of benzene rings is 1. The summed E-state index contributed by atoms with van der Waals surface area (Å²) in [6.07, 6.45) is 1.21. The fourth-order valence-corrected chi connectivity index (χ4v) is 7.08. The Morgan fingerprint density at radius 2 is 0.957 bits per heavy atom. The van der Waals surface area contributed by atoms with Gasteiger partial charge in [-0.2, -0.15) is 11.8 Å². The molecule has 0 unspecified atom stereocenters. The van der Waals surface area contributed by atoms with Crippen molar-refractivity contribution in [3.63, 3.8) is 0 Å². The molecule has 0 spiro atoms. The SMILES string of the molecule is CSCC[C@H](NC(=O)[C@@H](NC(=O)[C@H](C)NC(=O)[C@H](CCCCN)NC(=O)[C@@H](NC(=O)[C@@H](N)[C@@H](C)O)[C@@H](C)O)C(C)C)C(=O)N[C@@H](Cc1ccccc1)C(=O)N[C@@H](C)C(=O)N[C@@H](CCCCN)C(=O)O. The molecule has 11 atom stereocenters. The minimum absolute atomic E-state index is 0.0188. The first kappa shape index (κ1) is 61.6. The van der Waals surface area contributed by atoms with E-state index in [2.05, 4.69) is 42.5 Å². The Bertz CT molecular complexity index is 1830. The topological polar surface area (TPSA) is 389 Å². The number of carboxylic acids is 1. The third-order valence-corrected chi connectivity index (χ3v) is 11.6. The average Bonchev–Trinajstić information content (AvgIpc) is 3.29. The summed E-state index contributed by atoms with van der Waals surface area (Å²) >= 11 is 1.39. The highest BCUT2D eigenvalue weighted by Gasteiger charge is 2.35. The molecule has 17 N–H and O–H groups in total. The Morgan fingerprint density at radius 3 is 1.43 bits per heavy atom. The fourth-order valence-electron chi connectivity index (χ4n) is 6.61. The summed E-state index contributed by atoms with van der Waals surface area (Å²) in [5.74, 6) is -7.86. The lowest BCUT2D eigenvalue weighted by Gasteiger charge is -2.28. The lowest BCUT2D eigenvalue weighted by atomic mass is 10.0. The summed E-state index contributed by atoms with van der Waals surface area (Å²) < 4.78 is 0. The van der Waals surface area contributed by atoms with Crippen molar-refractivity contribution < 1.29 is 58.5 Å². The number of thioether (sulfide) groups is 1. The van der Waals surface area contributed by atoms with Gasteiger partial charge in [0.05, 0.1) is 12.2 Å². The van der Waals surface area contributed by atoms with Gasteiger partial charge in [0.25, 0.3) is 0 Å². The number of hydrogen-bond acceptors (Lipinski definition) is 15. The molecule has 390 valence electrons. The van der Waals surface area contributed by atoms with Gasteiger partial charge < -0.3 is 75.1 Å². The van der Waals surface area contributed by atoms with Crippen molar-refractivity contribution in [2.45, 2.75) is 159 Å². The molecule has 8 amide bonds. The van der Waals surface area contributed by atoms with Gasteiger partial charge in [0, 0.05) is 6.42 Å². The van der Waals surface area contributed by atoms with E-state index in [0.717, 1.165) is 0 Å². The smallest absolute Gasteiger partial charge is 0.326 e. The van der Waals surface area contributed by atoms with Crippen LogP contribution in [0.2, 0.25) is 0 Å². The number of hydrogen-bond donors (Lipinski definition) is 14. The number of carbonyl (C=O) groups is 9. The van der Waals surface area contributed by atoms with Gasteiger partial charge in [0.2, 0.25) is 47.3 Å². The number of nitrogens with one attached hydrogen (secondary N) is 8. The van der Waals surface area contributed by atoms with E-state index in [1.54, 1.807) is 50.4 Å². The summed E-state index contributed by atoms with van der Waals surface area (Å²) in [6, 6.07) is -2.94. The maximum Gasteiger partial charge on any atom is 0.326 e. The number of rotatable bonds is 33. The van der Waals surface area contributed by atoms with Crippen LogP contribution < -0.4 is 59.7 Å². The Hall–Kier alpha value is -5.40. The first-order valence-electron chi connectivity index (χ1n) is 23.2. The average molecular weight is 996 g/mol. The number of unbranched alkanes of at least 4 members (excludes halogenated alkanes) is 2. The van der Waals surface area contributed by atoms with E-state index < -0.39 is 126 Å². The summed E-state index contributed by atoms with van der Waals surface area (Å²) in [7, 11) is 0. The van der Waals surface area contributed by atoms with Crippen LogP contribution in [0.4, 0.5) is 0 Å². The predicted molar refractivity (Wildman–Crippen MR) is 260 cm³/mol. The number of aliphatic carboxylic acids is 1. The maximum atomic E-state index is 14.0. The van der Waals surface area contributed by atoms with Crippen molar-refractivity contribution in [3.05, 3.63) is 35.9 Å². The largest absolute Gasteiger partial charge is 0.480 e. The fraction of sp³-hybridized carbons (Fsp3) is 0.667. The van der Waals surface area contributed by atoms with Crippen LogP contribution in [0.25, 0.3) is 0 Å². The Morgan fingerprint density at radius 1 is 0.522 bits per heavy atom. The monoisotopic (exact) mass is 996 g/mol. The minimum Gasteiger partial charge on any atom is -0.480 e. The first-order chi connectivity index (χ1) is 32.5. The standard InChI is InChI=1S/C45H77N11O12S/c1-24(2)35(55-38(60)26(4)49-39(61)30(17-11-13-20-46)51-44(66)36(28(6)58)56-42(64)34(48)27(5)57)43(65)52-31(19-22-69-7)40(62)54-33(23-29-15-9-8-10-16-29)41(63)50-25(3)37(59)53-32(45(67)68)18-12-14-21-47/h8-10,15-16,24-28,30-36,57-58H,11-14,17-23,46-48H2,1-7H3,(H,49,61)(H,50,63)(H,51,66)(H,52,65)(H,53,59)(H,54,62)(H,55,60)(H,56,64)(H,67,68)/t25-,26-,27+,28+,30-,31-,32-,33-,34-,35-,36-/m0/s1. The molecule has 0 aliphatic heterocycles. The lowest BCUT2D eigenvalue weighted by Crippen LogP contribution is -2.61. The van der Waals surface area contributed by atoms with Crippen LogP contribution in [-0.4, -0.2) is 160 Å². The van der Waals surface area contributed by atoms with Crippen LogP contribution in [0.15, 0.2) is 30.3 Å². The zero-order chi connectivity index (χ0) is 52.4. The van der Waals surface area contributed by atoms with Crippen LogP contribution in [0.5, 0.6) is 0 Å². The van der Waals surface area contributed by atoms with Crippen LogP contribution in [0, 0.1) is 5.92 Å². The van der Waals surface area contributed by atoms with Crippen LogP contribution in [-0.2, 0) is 49.6 Å². The molecule has 0 aromatic heterocycles. The van der Waals surface area contributed by atoms with E-state index >= 15 is 0 Å². The van der Waals surface area contributed by atoms with Gasteiger partial charge in [-0.3, -0.25) is 38.4 Å². The molecule has 1 rings (SSSR count). The number of carbonyl (C=O) groups excluding carboxylic acids is 8. The van der Waals surface area contributed by atoms with Gasteiger partial charge >= 0.3 is 5.97 Å². The lowest BCUT2D eigenvalue weighted by molar-refractivity contribution is -0.142. The summed E-state index contributed by atoms with van der Waals surface area (Å²) in [4.78, 5) is 120. The molecule has 0 heterocycles. The number of nitrogens with two attached hydrogens (primary N) is 3. The third-order valence-electron chi connectivity index (χ3n) is 10.9. The van der Waals surface area contributed by atoms with Crippen molar-refractivity contribution in [3.8, 4) is 0 Å².